The van der Waals surface area contributed by atoms with Crippen molar-refractivity contribution in [3.05, 3.63) is 94.0 Å². The lowest BCUT2D eigenvalue weighted by molar-refractivity contribution is -0.527. The number of rotatable bonds is 8. The Hall–Kier alpha value is -3.27. The molecule has 1 aliphatic heterocycles. The molecule has 9 heteroatoms. The van der Waals surface area contributed by atoms with E-state index in [1.54, 1.807) is 24.3 Å². The summed E-state index contributed by atoms with van der Waals surface area (Å²) in [6.07, 6.45) is 0.359. The summed E-state index contributed by atoms with van der Waals surface area (Å²) in [6, 6.07) is 19.6. The topological polar surface area (TPSA) is 125 Å². The Bertz CT molecular complexity index is 1180. The molecule has 0 saturated carbocycles. The van der Waals surface area contributed by atoms with Crippen molar-refractivity contribution in [2.24, 2.45) is 5.92 Å². The first-order chi connectivity index (χ1) is 16.8. The van der Waals surface area contributed by atoms with E-state index in [1.165, 1.54) is 0 Å². The number of carbonyl (C=O) groups excluding carboxylic acids is 1. The second-order valence-electron chi connectivity index (χ2n) is 9.56. The number of nitrogens with one attached hydrogen (secondary N) is 2. The number of carbonyl (C=O) groups is 1. The normalized spacial score (nSPS) is 22.8. The molecule has 5 unspecified atom stereocenters. The largest absolute Gasteiger partial charge is 0.475 e. The summed E-state index contributed by atoms with van der Waals surface area (Å²) in [5, 5.41) is 40.0. The average Bonchev–Trinajstić information content (AvgIpc) is 3.24. The van der Waals surface area contributed by atoms with Crippen molar-refractivity contribution in [3.8, 4) is 0 Å². The van der Waals surface area contributed by atoms with Crippen LogP contribution in [0.2, 0.25) is 0 Å². The van der Waals surface area contributed by atoms with Gasteiger partial charge in [-0.25, -0.2) is 0 Å². The van der Waals surface area contributed by atoms with E-state index in [0.29, 0.717) is 12.0 Å². The Labute approximate surface area is 204 Å². The molecule has 0 radical (unpaired) electrons. The molecule has 1 heterocycles. The summed E-state index contributed by atoms with van der Waals surface area (Å²) in [6.45, 7) is 3.84. The second kappa shape index (κ2) is 10.6. The Morgan fingerprint density at radius 1 is 1.06 bits per heavy atom. The summed E-state index contributed by atoms with van der Waals surface area (Å²) in [5.41, 5.74) is 1.43. The third-order valence-electron chi connectivity index (χ3n) is 6.71. The van der Waals surface area contributed by atoms with Crippen molar-refractivity contribution >= 4 is 23.8 Å². The second-order valence-corrected chi connectivity index (χ2v) is 9.56. The fourth-order valence-electron chi connectivity index (χ4n) is 5.19. The molecule has 3 aromatic rings. The van der Waals surface area contributed by atoms with E-state index in [-0.39, 0.29) is 10.8 Å². The number of hydrogen-bond donors (Lipinski definition) is 4. The minimum absolute atomic E-state index is 0.110. The van der Waals surface area contributed by atoms with Gasteiger partial charge in [0, 0.05) is 4.92 Å². The predicted molar refractivity (Wildman–Crippen MR) is 135 cm³/mol. The quantitative estimate of drug-likeness (QED) is 0.226. The fourth-order valence-corrected chi connectivity index (χ4v) is 5.19. The highest BCUT2D eigenvalue weighted by molar-refractivity contribution is 6.43. The summed E-state index contributed by atoms with van der Waals surface area (Å²) in [7, 11) is -1.74. The monoisotopic (exact) mass is 475 g/mol. The lowest BCUT2D eigenvalue weighted by Crippen LogP contribution is -2.53. The maximum absolute atomic E-state index is 13.5. The number of nitro groups is 1. The highest BCUT2D eigenvalue weighted by Crippen LogP contribution is 2.42. The smallest absolute Gasteiger partial charge is 0.426 e. The van der Waals surface area contributed by atoms with E-state index in [9.17, 15) is 25.0 Å². The zero-order valence-corrected chi connectivity index (χ0v) is 19.7. The molecule has 1 aliphatic rings. The highest BCUT2D eigenvalue weighted by atomic mass is 16.6. The SMILES string of the molecule is CC(C)CC(NC(=O)C1NC(c2cccc3ccccc23)C([N+](=O)[O-])C1c1ccccc1)B(O)O. The van der Waals surface area contributed by atoms with Gasteiger partial charge in [0.2, 0.25) is 11.9 Å². The first-order valence-electron chi connectivity index (χ1n) is 11.9. The molecule has 5 atom stereocenters. The molecular weight excluding hydrogens is 445 g/mol. The van der Waals surface area contributed by atoms with Crippen LogP contribution in [0.3, 0.4) is 0 Å². The Morgan fingerprint density at radius 3 is 2.37 bits per heavy atom. The van der Waals surface area contributed by atoms with E-state index in [2.05, 4.69) is 10.6 Å². The van der Waals surface area contributed by atoms with Crippen molar-refractivity contribution in [2.45, 2.75) is 50.3 Å². The van der Waals surface area contributed by atoms with E-state index >= 15 is 0 Å². The summed E-state index contributed by atoms with van der Waals surface area (Å²) in [5.74, 6) is -2.03. The number of benzene rings is 3. The third-order valence-corrected chi connectivity index (χ3v) is 6.71. The molecule has 1 saturated heterocycles. The lowest BCUT2D eigenvalue weighted by Gasteiger charge is -2.24. The van der Waals surface area contributed by atoms with Gasteiger partial charge in [0.05, 0.1) is 11.9 Å². The Morgan fingerprint density at radius 2 is 1.71 bits per heavy atom. The van der Waals surface area contributed by atoms with Crippen LogP contribution in [-0.2, 0) is 4.79 Å². The van der Waals surface area contributed by atoms with Gasteiger partial charge in [0.15, 0.2) is 0 Å². The minimum Gasteiger partial charge on any atom is -0.426 e. The van der Waals surface area contributed by atoms with E-state index < -0.39 is 43.0 Å². The molecule has 0 bridgehead atoms. The first-order valence-corrected chi connectivity index (χ1v) is 11.9. The van der Waals surface area contributed by atoms with Crippen molar-refractivity contribution in [1.82, 2.24) is 10.6 Å². The molecule has 1 amide bonds. The van der Waals surface area contributed by atoms with Gasteiger partial charge in [0.1, 0.15) is 12.1 Å². The molecule has 0 aliphatic carbocycles. The van der Waals surface area contributed by atoms with Crippen LogP contribution >= 0.6 is 0 Å². The van der Waals surface area contributed by atoms with Crippen molar-refractivity contribution < 1.29 is 19.8 Å². The fraction of sp³-hybridized carbons (Fsp3) is 0.346. The standard InChI is InChI=1S/C26H30BN3O5/c1-16(2)15-21(27(32)33)28-26(31)24-22(18-10-4-3-5-11-18)25(30(34)35)23(29-24)20-14-8-12-17-9-6-7-13-19(17)20/h3-14,16,21-25,29,32-33H,15H2,1-2H3,(H,28,31). The van der Waals surface area contributed by atoms with Gasteiger partial charge in [-0.2, -0.15) is 0 Å². The zero-order valence-electron chi connectivity index (χ0n) is 19.7. The maximum Gasteiger partial charge on any atom is 0.475 e. The molecule has 0 aromatic heterocycles. The van der Waals surface area contributed by atoms with Crippen LogP contribution < -0.4 is 10.6 Å². The van der Waals surface area contributed by atoms with Gasteiger partial charge in [-0.05, 0) is 34.2 Å². The third kappa shape index (κ3) is 5.22. The summed E-state index contributed by atoms with van der Waals surface area (Å²) >= 11 is 0. The summed E-state index contributed by atoms with van der Waals surface area (Å²) < 4.78 is 0. The molecule has 35 heavy (non-hydrogen) atoms. The lowest BCUT2D eigenvalue weighted by atomic mass is 9.74. The number of fused-ring (bicyclic) bond motifs is 1. The molecular formula is C26H30BN3O5. The van der Waals surface area contributed by atoms with Crippen LogP contribution in [0, 0.1) is 16.0 Å². The van der Waals surface area contributed by atoms with Crippen LogP contribution in [0.4, 0.5) is 0 Å². The molecule has 8 nitrogen and oxygen atoms in total. The Balaban J connectivity index is 1.77. The van der Waals surface area contributed by atoms with Gasteiger partial charge in [-0.1, -0.05) is 86.6 Å². The molecule has 4 N–H and O–H groups in total. The van der Waals surface area contributed by atoms with E-state index in [4.69, 9.17) is 0 Å². The van der Waals surface area contributed by atoms with E-state index in [0.717, 1.165) is 16.3 Å². The van der Waals surface area contributed by atoms with E-state index in [1.807, 2.05) is 62.4 Å². The van der Waals surface area contributed by atoms with Gasteiger partial charge >= 0.3 is 7.12 Å². The van der Waals surface area contributed by atoms with Crippen molar-refractivity contribution in [1.29, 1.82) is 0 Å². The van der Waals surface area contributed by atoms with Crippen molar-refractivity contribution in [2.75, 3.05) is 0 Å². The average molecular weight is 475 g/mol. The summed E-state index contributed by atoms with van der Waals surface area (Å²) in [4.78, 5) is 25.7. The number of nitrogens with zero attached hydrogens (tertiary/aromatic N) is 1. The predicted octanol–water partition coefficient (Wildman–Crippen LogP) is 2.82. The Kier molecular flexibility index (Phi) is 7.49. The molecule has 4 rings (SSSR count). The highest BCUT2D eigenvalue weighted by Gasteiger charge is 2.55. The van der Waals surface area contributed by atoms with Crippen LogP contribution in [0.25, 0.3) is 10.8 Å². The van der Waals surface area contributed by atoms with Gasteiger partial charge in [-0.3, -0.25) is 20.2 Å². The van der Waals surface area contributed by atoms with Crippen LogP contribution in [0.15, 0.2) is 72.8 Å². The number of amides is 1. The molecule has 182 valence electrons. The van der Waals surface area contributed by atoms with Crippen LogP contribution in [0.5, 0.6) is 0 Å². The molecule has 0 spiro atoms. The van der Waals surface area contributed by atoms with Crippen LogP contribution in [-0.4, -0.2) is 46.0 Å². The zero-order chi connectivity index (χ0) is 25.1. The molecule has 1 fully saturated rings. The number of hydrogen-bond acceptors (Lipinski definition) is 6. The van der Waals surface area contributed by atoms with Gasteiger partial charge in [-0.15, -0.1) is 0 Å². The van der Waals surface area contributed by atoms with Crippen molar-refractivity contribution in [3.63, 3.8) is 0 Å². The maximum atomic E-state index is 13.5. The van der Waals surface area contributed by atoms with Gasteiger partial charge < -0.3 is 15.4 Å². The van der Waals surface area contributed by atoms with Crippen LogP contribution in [0.1, 0.15) is 43.4 Å². The minimum atomic E-state index is -1.74. The first kappa shape index (κ1) is 24.8. The van der Waals surface area contributed by atoms with Gasteiger partial charge in [0.25, 0.3) is 0 Å². The molecule has 3 aromatic carbocycles.